The van der Waals surface area contributed by atoms with Gasteiger partial charge in [-0.05, 0) is 76.3 Å². The third-order valence-corrected chi connectivity index (χ3v) is 5.51. The van der Waals surface area contributed by atoms with Crippen LogP contribution in [0.25, 0.3) is 0 Å². The summed E-state index contributed by atoms with van der Waals surface area (Å²) in [6, 6.07) is 3.95. The molecule has 0 aromatic carbocycles. The number of unbranched alkanes of at least 4 members (excludes halogenated alkanes) is 1. The van der Waals surface area contributed by atoms with E-state index in [9.17, 15) is 4.79 Å². The molecule has 2 saturated carbocycles. The molecule has 0 N–H and O–H groups in total. The van der Waals surface area contributed by atoms with E-state index in [0.29, 0.717) is 30.5 Å². The lowest BCUT2D eigenvalue weighted by molar-refractivity contribution is -0.120. The second-order valence-electron chi connectivity index (χ2n) is 8.39. The zero-order valence-corrected chi connectivity index (χ0v) is 19.2. The van der Waals surface area contributed by atoms with Crippen molar-refractivity contribution in [2.24, 2.45) is 16.8 Å². The van der Waals surface area contributed by atoms with E-state index in [-0.39, 0.29) is 0 Å². The van der Waals surface area contributed by atoms with Crippen LogP contribution in [0.4, 0.5) is 0 Å². The van der Waals surface area contributed by atoms with Crippen molar-refractivity contribution in [1.29, 1.82) is 0 Å². The molecule has 2 fully saturated rings. The van der Waals surface area contributed by atoms with E-state index in [1.165, 1.54) is 24.0 Å². The average Bonchev–Trinajstić information content (AvgIpc) is 3.58. The van der Waals surface area contributed by atoms with Gasteiger partial charge in [-0.15, -0.1) is 0 Å². The quantitative estimate of drug-likeness (QED) is 0.375. The molecule has 0 unspecified atom stereocenters. The Balaban J connectivity index is 0.000000386. The van der Waals surface area contributed by atoms with Crippen LogP contribution >= 0.6 is 0 Å². The highest BCUT2D eigenvalue weighted by Gasteiger charge is 2.27. The number of aliphatic imine (C=N–C) groups is 1. The van der Waals surface area contributed by atoms with Crippen molar-refractivity contribution in [3.63, 3.8) is 0 Å². The Morgan fingerprint density at radius 2 is 2.00 bits per heavy atom. The third-order valence-electron chi connectivity index (χ3n) is 5.51. The number of ketones is 1. The van der Waals surface area contributed by atoms with Gasteiger partial charge in [0, 0.05) is 36.5 Å². The molecule has 2 aliphatic rings. The molecule has 1 aromatic rings. The lowest BCUT2D eigenvalue weighted by Crippen LogP contribution is -2.22. The molecule has 0 atom stereocenters. The van der Waals surface area contributed by atoms with Gasteiger partial charge in [-0.25, -0.2) is 4.99 Å². The van der Waals surface area contributed by atoms with Gasteiger partial charge < -0.3 is 4.74 Å². The molecule has 4 nitrogen and oxygen atoms in total. The van der Waals surface area contributed by atoms with Crippen molar-refractivity contribution < 1.29 is 9.53 Å². The number of carbonyl (C=O) groups is 1. The minimum Gasteiger partial charge on any atom is -0.477 e. The Labute approximate surface area is 182 Å². The van der Waals surface area contributed by atoms with Crippen molar-refractivity contribution in [3.8, 4) is 0 Å². The molecule has 30 heavy (non-hydrogen) atoms. The van der Waals surface area contributed by atoms with Crippen LogP contribution in [-0.4, -0.2) is 23.3 Å². The lowest BCUT2D eigenvalue weighted by atomic mass is 9.83. The predicted octanol–water partition coefficient (Wildman–Crippen LogP) is 6.61. The molecular weight excluding hydrogens is 372 g/mol. The van der Waals surface area contributed by atoms with Crippen LogP contribution in [0.1, 0.15) is 77.7 Å². The van der Waals surface area contributed by atoms with E-state index >= 15 is 0 Å². The summed E-state index contributed by atoms with van der Waals surface area (Å²) in [5.74, 6) is 2.32. The number of aromatic nitrogens is 1. The van der Waals surface area contributed by atoms with E-state index in [0.717, 1.165) is 43.9 Å². The van der Waals surface area contributed by atoms with Crippen molar-refractivity contribution in [2.75, 3.05) is 6.61 Å². The normalized spacial score (nSPS) is 18.7. The monoisotopic (exact) mass is 410 g/mol. The predicted molar refractivity (Wildman–Crippen MR) is 124 cm³/mol. The lowest BCUT2D eigenvalue weighted by Gasteiger charge is -2.25. The molecular formula is C26H38N2O2. The number of ether oxygens (including phenoxy) is 1. The van der Waals surface area contributed by atoms with Gasteiger partial charge in [0.15, 0.2) is 0 Å². The number of allylic oxidation sites excluding steroid dienone is 3. The maximum Gasteiger partial charge on any atom is 0.216 e. The van der Waals surface area contributed by atoms with Crippen LogP contribution in [0.3, 0.4) is 0 Å². The van der Waals surface area contributed by atoms with Crippen molar-refractivity contribution in [2.45, 2.75) is 79.1 Å². The van der Waals surface area contributed by atoms with E-state index in [1.807, 2.05) is 32.2 Å². The second kappa shape index (κ2) is 13.1. The fourth-order valence-electron chi connectivity index (χ4n) is 3.45. The van der Waals surface area contributed by atoms with Gasteiger partial charge in [-0.3, -0.25) is 9.78 Å². The van der Waals surface area contributed by atoms with Crippen LogP contribution in [0, 0.1) is 18.8 Å². The molecule has 1 aromatic heterocycles. The van der Waals surface area contributed by atoms with Crippen LogP contribution < -0.4 is 0 Å². The minimum atomic E-state index is 0.396. The highest BCUT2D eigenvalue weighted by molar-refractivity contribution is 5.95. The first-order valence-electron chi connectivity index (χ1n) is 11.5. The number of rotatable bonds is 7. The highest BCUT2D eigenvalue weighted by Crippen LogP contribution is 2.32. The highest BCUT2D eigenvalue weighted by atomic mass is 16.5. The molecule has 0 spiro atoms. The summed E-state index contributed by atoms with van der Waals surface area (Å²) in [6.07, 6.45) is 15.9. The fourth-order valence-corrected chi connectivity index (χ4v) is 3.45. The maximum atomic E-state index is 11.5. The summed E-state index contributed by atoms with van der Waals surface area (Å²) in [4.78, 5) is 20.2. The van der Waals surface area contributed by atoms with E-state index in [1.54, 1.807) is 6.20 Å². The fraction of sp³-hybridized carbons (Fsp3) is 0.577. The number of aryl methyl sites for hydroxylation is 1. The van der Waals surface area contributed by atoms with E-state index in [2.05, 4.69) is 31.0 Å². The Bertz CT molecular complexity index is 736. The van der Waals surface area contributed by atoms with E-state index < -0.39 is 0 Å². The first-order chi connectivity index (χ1) is 14.5. The molecule has 1 heterocycles. The van der Waals surface area contributed by atoms with Crippen LogP contribution in [0.5, 0.6) is 0 Å². The molecule has 3 rings (SSSR count). The van der Waals surface area contributed by atoms with Crippen LogP contribution in [0.2, 0.25) is 0 Å². The molecule has 0 radical (unpaired) electrons. The molecule has 164 valence electrons. The molecule has 0 amide bonds. The molecule has 0 bridgehead atoms. The second-order valence-corrected chi connectivity index (χ2v) is 8.39. The van der Waals surface area contributed by atoms with Gasteiger partial charge in [0.1, 0.15) is 5.78 Å². The van der Waals surface area contributed by atoms with Gasteiger partial charge in [-0.1, -0.05) is 31.6 Å². The number of pyridine rings is 1. The zero-order valence-electron chi connectivity index (χ0n) is 19.2. The summed E-state index contributed by atoms with van der Waals surface area (Å²) in [5, 5.41) is 0. The van der Waals surface area contributed by atoms with Gasteiger partial charge in [0.05, 0.1) is 6.61 Å². The van der Waals surface area contributed by atoms with Crippen molar-refractivity contribution >= 4 is 11.7 Å². The Morgan fingerprint density at radius 1 is 1.27 bits per heavy atom. The first-order valence-corrected chi connectivity index (χ1v) is 11.5. The number of nitrogens with zero attached hydrogens (tertiary/aromatic N) is 2. The number of hydrogen-bond acceptors (Lipinski definition) is 4. The summed E-state index contributed by atoms with van der Waals surface area (Å²) < 4.78 is 6.11. The van der Waals surface area contributed by atoms with Gasteiger partial charge in [0.2, 0.25) is 5.90 Å². The standard InChI is InChI=1S/C20H31NO2.C6H7N/c1-4-6-7-15(3)21-20(23-14-16-8-9-16)19(5-2)17-10-12-18(22)13-11-17;1-6-3-2-4-7-5-6/h5,7,16-17H,4,6,8-14H2,1-3H3;2-5H,1H3/b15-7+,19-5-,21-20-;. The Morgan fingerprint density at radius 3 is 2.50 bits per heavy atom. The Hall–Kier alpha value is -2.23. The van der Waals surface area contributed by atoms with E-state index in [4.69, 9.17) is 9.73 Å². The molecule has 4 heteroatoms. The van der Waals surface area contributed by atoms with Gasteiger partial charge in [-0.2, -0.15) is 0 Å². The topological polar surface area (TPSA) is 51.5 Å². The smallest absolute Gasteiger partial charge is 0.216 e. The molecule has 2 aliphatic carbocycles. The van der Waals surface area contributed by atoms with Crippen molar-refractivity contribution in [1.82, 2.24) is 4.98 Å². The van der Waals surface area contributed by atoms with Crippen molar-refractivity contribution in [3.05, 3.63) is 53.5 Å². The summed E-state index contributed by atoms with van der Waals surface area (Å²) in [6.45, 7) is 9.09. The molecule has 0 saturated heterocycles. The average molecular weight is 411 g/mol. The number of Topliss-reactive ketones (excluding diaryl/α,β-unsaturated/α-hetero) is 1. The molecule has 0 aliphatic heterocycles. The summed E-state index contributed by atoms with van der Waals surface area (Å²) >= 11 is 0. The maximum absolute atomic E-state index is 11.5. The van der Waals surface area contributed by atoms with Crippen LogP contribution in [0.15, 0.2) is 52.9 Å². The SMILES string of the molecule is C\C=C(/C(=N/C(C)=C/CCC)OCC1CC1)C1CCC(=O)CC1.Cc1cccnc1. The van der Waals surface area contributed by atoms with Gasteiger partial charge in [0.25, 0.3) is 0 Å². The third kappa shape index (κ3) is 9.06. The first kappa shape index (κ1) is 24.0. The summed E-state index contributed by atoms with van der Waals surface area (Å²) in [7, 11) is 0. The van der Waals surface area contributed by atoms with Gasteiger partial charge >= 0.3 is 0 Å². The van der Waals surface area contributed by atoms with Crippen LogP contribution in [-0.2, 0) is 9.53 Å². The number of hydrogen-bond donors (Lipinski definition) is 0. The zero-order chi connectivity index (χ0) is 21.8. The largest absolute Gasteiger partial charge is 0.477 e. The Kier molecular flexibility index (Phi) is 10.5. The minimum absolute atomic E-state index is 0.396. The summed E-state index contributed by atoms with van der Waals surface area (Å²) in [5.41, 5.74) is 3.44. The number of carbonyl (C=O) groups excluding carboxylic acids is 1.